The first-order valence-corrected chi connectivity index (χ1v) is 9.26. The lowest BCUT2D eigenvalue weighted by atomic mass is 10.2. The number of aliphatic imine (C=N–C) groups is 1. The molecule has 0 aliphatic heterocycles. The van der Waals surface area contributed by atoms with Crippen LogP contribution in [0.15, 0.2) is 47.5 Å². The van der Waals surface area contributed by atoms with E-state index in [2.05, 4.69) is 10.3 Å². The Bertz CT molecular complexity index is 930. The first-order chi connectivity index (χ1) is 14.1. The first-order valence-electron chi connectivity index (χ1n) is 9.26. The average molecular weight is 414 g/mol. The fourth-order valence-electron chi connectivity index (χ4n) is 2.43. The van der Waals surface area contributed by atoms with E-state index in [-0.39, 0.29) is 6.61 Å². The topological polar surface area (TPSA) is 106 Å². The van der Waals surface area contributed by atoms with Crippen molar-refractivity contribution in [1.29, 1.82) is 0 Å². The van der Waals surface area contributed by atoms with Crippen molar-refractivity contribution in [3.8, 4) is 11.5 Å². The summed E-state index contributed by atoms with van der Waals surface area (Å²) in [6, 6.07) is 11.1. The second-order valence-corrected chi connectivity index (χ2v) is 7.39. The van der Waals surface area contributed by atoms with Gasteiger partial charge >= 0.3 is 12.1 Å². The van der Waals surface area contributed by atoms with Crippen molar-refractivity contribution in [2.24, 2.45) is 4.99 Å². The van der Waals surface area contributed by atoms with Crippen molar-refractivity contribution in [2.75, 3.05) is 7.11 Å². The minimum absolute atomic E-state index is 0.179. The summed E-state index contributed by atoms with van der Waals surface area (Å²) in [5.74, 6) is 0.539. The fraction of sp³-hybridized carbons (Fsp3) is 0.318. The number of carbonyl (C=O) groups is 2. The van der Waals surface area contributed by atoms with Crippen LogP contribution in [-0.4, -0.2) is 35.7 Å². The highest BCUT2D eigenvalue weighted by molar-refractivity contribution is 5.95. The summed E-state index contributed by atoms with van der Waals surface area (Å²) in [6.07, 6.45) is -0.591. The third-order valence-corrected chi connectivity index (χ3v) is 3.72. The summed E-state index contributed by atoms with van der Waals surface area (Å²) < 4.78 is 15.7. The molecule has 2 rings (SSSR count). The Morgan fingerprint density at radius 1 is 1.10 bits per heavy atom. The van der Waals surface area contributed by atoms with E-state index in [0.717, 1.165) is 0 Å². The highest BCUT2D eigenvalue weighted by atomic mass is 16.6. The molecule has 0 aromatic heterocycles. The molecule has 0 saturated heterocycles. The number of amidine groups is 1. The van der Waals surface area contributed by atoms with Crippen LogP contribution in [0.5, 0.6) is 11.5 Å². The number of carbonyl (C=O) groups excluding carboxylic acids is 2. The number of nitrogens with zero attached hydrogens (tertiary/aromatic N) is 1. The van der Waals surface area contributed by atoms with Gasteiger partial charge in [0.25, 0.3) is 0 Å². The van der Waals surface area contributed by atoms with Crippen LogP contribution in [0.25, 0.3) is 0 Å². The largest absolute Gasteiger partial charge is 0.496 e. The molecule has 0 heterocycles. The molecule has 2 N–H and O–H groups in total. The van der Waals surface area contributed by atoms with Gasteiger partial charge in [0.1, 0.15) is 22.9 Å². The standard InChI is InChI=1S/C22H26N2O6/c1-14(24-21(27)30-22(2,3)4)23-17-9-6-15(7-10-17)20(26)29-18-11-8-16(13-25)19(12-18)28-5/h6-12,25H,13H2,1-5H3,(H,23,24,27). The van der Waals surface area contributed by atoms with E-state index in [1.165, 1.54) is 13.2 Å². The van der Waals surface area contributed by atoms with Crippen molar-refractivity contribution < 1.29 is 28.9 Å². The lowest BCUT2D eigenvalue weighted by Crippen LogP contribution is -2.35. The number of benzene rings is 2. The SMILES string of the molecule is COc1cc(OC(=O)c2ccc(N=C(C)NC(=O)OC(C)(C)C)cc2)ccc1CO. The van der Waals surface area contributed by atoms with Crippen molar-refractivity contribution in [3.05, 3.63) is 53.6 Å². The highest BCUT2D eigenvalue weighted by Crippen LogP contribution is 2.25. The molecule has 30 heavy (non-hydrogen) atoms. The van der Waals surface area contributed by atoms with Gasteiger partial charge in [-0.2, -0.15) is 0 Å². The van der Waals surface area contributed by atoms with Gasteiger partial charge in [0.05, 0.1) is 25.0 Å². The van der Waals surface area contributed by atoms with Crippen LogP contribution in [0.1, 0.15) is 43.6 Å². The van der Waals surface area contributed by atoms with Crippen LogP contribution in [0.2, 0.25) is 0 Å². The first kappa shape index (κ1) is 22.9. The molecule has 0 saturated carbocycles. The number of aliphatic hydroxyl groups is 1. The minimum Gasteiger partial charge on any atom is -0.496 e. The lowest BCUT2D eigenvalue weighted by molar-refractivity contribution is 0.0562. The van der Waals surface area contributed by atoms with Crippen molar-refractivity contribution in [3.63, 3.8) is 0 Å². The smallest absolute Gasteiger partial charge is 0.413 e. The molecule has 8 heteroatoms. The molecule has 8 nitrogen and oxygen atoms in total. The van der Waals surface area contributed by atoms with Gasteiger partial charge in [-0.3, -0.25) is 5.32 Å². The average Bonchev–Trinajstić information content (AvgIpc) is 2.66. The second-order valence-electron chi connectivity index (χ2n) is 7.39. The van der Waals surface area contributed by atoms with Crippen molar-refractivity contribution in [1.82, 2.24) is 5.32 Å². The van der Waals surface area contributed by atoms with Gasteiger partial charge < -0.3 is 19.3 Å². The van der Waals surface area contributed by atoms with E-state index in [4.69, 9.17) is 14.2 Å². The fourth-order valence-corrected chi connectivity index (χ4v) is 2.43. The Balaban J connectivity index is 2.03. The number of methoxy groups -OCH3 is 1. The third-order valence-electron chi connectivity index (χ3n) is 3.72. The van der Waals surface area contributed by atoms with Gasteiger partial charge in [-0.15, -0.1) is 0 Å². The van der Waals surface area contributed by atoms with Crippen molar-refractivity contribution >= 4 is 23.6 Å². The molecule has 0 spiro atoms. The number of rotatable bonds is 5. The summed E-state index contributed by atoms with van der Waals surface area (Å²) in [7, 11) is 1.47. The van der Waals surface area contributed by atoms with E-state index in [1.807, 2.05) is 0 Å². The number of ether oxygens (including phenoxy) is 3. The molecular formula is C22H26N2O6. The van der Waals surface area contributed by atoms with E-state index >= 15 is 0 Å². The third kappa shape index (κ3) is 6.89. The van der Waals surface area contributed by atoms with Gasteiger partial charge in [-0.05, 0) is 64.1 Å². The van der Waals surface area contributed by atoms with Gasteiger partial charge in [0, 0.05) is 11.6 Å². The molecule has 0 aliphatic carbocycles. The Morgan fingerprint density at radius 3 is 2.33 bits per heavy atom. The molecule has 1 amide bonds. The molecule has 160 valence electrons. The molecule has 2 aromatic carbocycles. The molecule has 0 radical (unpaired) electrons. The predicted octanol–water partition coefficient (Wildman–Crippen LogP) is 3.98. The second kappa shape index (κ2) is 9.89. The molecule has 0 aliphatic rings. The Hall–Kier alpha value is -3.39. The highest BCUT2D eigenvalue weighted by Gasteiger charge is 2.16. The number of aliphatic hydroxyl groups excluding tert-OH is 1. The monoisotopic (exact) mass is 414 g/mol. The minimum atomic E-state index is -0.602. The van der Waals surface area contributed by atoms with Crippen LogP contribution in [-0.2, 0) is 11.3 Å². The molecule has 0 bridgehead atoms. The molecule has 0 unspecified atom stereocenters. The number of hydrogen-bond donors (Lipinski definition) is 2. The number of amides is 1. The zero-order valence-corrected chi connectivity index (χ0v) is 17.7. The number of hydrogen-bond acceptors (Lipinski definition) is 7. The zero-order valence-electron chi connectivity index (χ0n) is 17.7. The van der Waals surface area contributed by atoms with E-state index in [1.54, 1.807) is 64.1 Å². The summed E-state index contributed by atoms with van der Waals surface area (Å²) in [6.45, 7) is 6.77. The van der Waals surface area contributed by atoms with Crippen LogP contribution in [0, 0.1) is 0 Å². The maximum absolute atomic E-state index is 12.4. The van der Waals surface area contributed by atoms with Gasteiger partial charge in [-0.1, -0.05) is 0 Å². The Kier molecular flexibility index (Phi) is 7.54. The van der Waals surface area contributed by atoms with E-state index < -0.39 is 17.7 Å². The molecule has 2 aromatic rings. The Labute approximate surface area is 175 Å². The van der Waals surface area contributed by atoms with Crippen LogP contribution in [0.3, 0.4) is 0 Å². The lowest BCUT2D eigenvalue weighted by Gasteiger charge is -2.19. The molecular weight excluding hydrogens is 388 g/mol. The maximum atomic E-state index is 12.4. The maximum Gasteiger partial charge on any atom is 0.413 e. The van der Waals surface area contributed by atoms with E-state index in [0.29, 0.717) is 34.1 Å². The van der Waals surface area contributed by atoms with Crippen LogP contribution < -0.4 is 14.8 Å². The van der Waals surface area contributed by atoms with Crippen molar-refractivity contribution in [2.45, 2.75) is 39.9 Å². The van der Waals surface area contributed by atoms with Gasteiger partial charge in [0.2, 0.25) is 0 Å². The van der Waals surface area contributed by atoms with Gasteiger partial charge in [0.15, 0.2) is 0 Å². The normalized spacial score (nSPS) is 11.6. The van der Waals surface area contributed by atoms with Crippen LogP contribution >= 0.6 is 0 Å². The zero-order chi connectivity index (χ0) is 22.3. The van der Waals surface area contributed by atoms with E-state index in [9.17, 15) is 14.7 Å². The molecule has 0 atom stereocenters. The molecule has 0 fully saturated rings. The summed E-state index contributed by atoms with van der Waals surface area (Å²) >= 11 is 0. The van der Waals surface area contributed by atoms with Gasteiger partial charge in [-0.25, -0.2) is 14.6 Å². The quantitative estimate of drug-likeness (QED) is 0.332. The number of esters is 1. The summed E-state index contributed by atoms with van der Waals surface area (Å²) in [5, 5.41) is 11.8. The van der Waals surface area contributed by atoms with Crippen LogP contribution in [0.4, 0.5) is 10.5 Å². The summed E-state index contributed by atoms with van der Waals surface area (Å²) in [4.78, 5) is 28.4. The number of nitrogens with one attached hydrogen (secondary N) is 1. The number of alkyl carbamates (subject to hydrolysis) is 1. The Morgan fingerprint density at radius 2 is 1.77 bits per heavy atom. The predicted molar refractivity (Wildman–Crippen MR) is 112 cm³/mol. The summed E-state index contributed by atoms with van der Waals surface area (Å²) in [5.41, 5.74) is 0.871.